The van der Waals surface area contributed by atoms with Crippen LogP contribution in [0.3, 0.4) is 0 Å². The lowest BCUT2D eigenvalue weighted by Crippen LogP contribution is -2.22. The molecule has 0 saturated carbocycles. The van der Waals surface area contributed by atoms with Gasteiger partial charge in [-0.05, 0) is 32.9 Å². The molecule has 0 heterocycles. The largest absolute Gasteiger partial charge is 0.378 e. The van der Waals surface area contributed by atoms with E-state index < -0.39 is 0 Å². The first-order chi connectivity index (χ1) is 8.63. The van der Waals surface area contributed by atoms with E-state index in [0.717, 1.165) is 11.4 Å². The highest BCUT2D eigenvalue weighted by Gasteiger charge is 1.98. The van der Waals surface area contributed by atoms with Crippen LogP contribution in [0.5, 0.6) is 0 Å². The van der Waals surface area contributed by atoms with E-state index in [1.54, 1.807) is 19.5 Å². The number of aliphatic imine (C=N–C) groups is 2. The van der Waals surface area contributed by atoms with Crippen LogP contribution in [0.4, 0.5) is 0 Å². The predicted octanol–water partition coefficient (Wildman–Crippen LogP) is 3.49. The standard InChI is InChI=1S/C14H22BrN3/c1-5-7-13(17-8-6-2)11-18-14(10-16-4)9-12(3)15/h5-10,12,18H,11H2,1-4H3/b7-5-,8-6-,14-9+,16-10?,17-13+. The lowest BCUT2D eigenvalue weighted by molar-refractivity contribution is 0.971. The van der Waals surface area contributed by atoms with E-state index in [0.29, 0.717) is 11.4 Å². The maximum atomic E-state index is 4.35. The summed E-state index contributed by atoms with van der Waals surface area (Å²) < 4.78 is 0. The fourth-order valence-corrected chi connectivity index (χ4v) is 1.52. The lowest BCUT2D eigenvalue weighted by atomic mass is 10.3. The average Bonchev–Trinajstić information content (AvgIpc) is 2.32. The summed E-state index contributed by atoms with van der Waals surface area (Å²) in [6.07, 6.45) is 11.5. The summed E-state index contributed by atoms with van der Waals surface area (Å²) in [5.74, 6) is 0. The highest BCUT2D eigenvalue weighted by Crippen LogP contribution is 2.01. The third-order valence-corrected chi connectivity index (χ3v) is 2.16. The zero-order valence-electron chi connectivity index (χ0n) is 11.5. The summed E-state index contributed by atoms with van der Waals surface area (Å²) in [5, 5.41) is 3.31. The van der Waals surface area contributed by atoms with Crippen LogP contribution in [-0.4, -0.2) is 30.3 Å². The Labute approximate surface area is 119 Å². The van der Waals surface area contributed by atoms with Crippen LogP contribution in [0, 0.1) is 0 Å². The minimum absolute atomic E-state index is 0.302. The molecule has 1 N–H and O–H groups in total. The Bertz CT molecular complexity index is 363. The highest BCUT2D eigenvalue weighted by molar-refractivity contribution is 9.09. The second-order valence-electron chi connectivity index (χ2n) is 3.64. The van der Waals surface area contributed by atoms with Gasteiger partial charge in [0, 0.05) is 30.0 Å². The summed E-state index contributed by atoms with van der Waals surface area (Å²) in [4.78, 5) is 8.67. The maximum absolute atomic E-state index is 4.35. The average molecular weight is 312 g/mol. The number of hydrogen-bond donors (Lipinski definition) is 1. The molecule has 0 aromatic carbocycles. The molecule has 0 fully saturated rings. The SMILES string of the molecule is C\C=C/N=C(\C=C/C)CN/C(C=NC)=C/C(C)Br. The monoisotopic (exact) mass is 311 g/mol. The minimum atomic E-state index is 0.302. The second kappa shape index (κ2) is 11.0. The van der Waals surface area contributed by atoms with Crippen LogP contribution in [-0.2, 0) is 0 Å². The van der Waals surface area contributed by atoms with Gasteiger partial charge in [0.2, 0.25) is 0 Å². The van der Waals surface area contributed by atoms with Crippen molar-refractivity contribution < 1.29 is 0 Å². The minimum Gasteiger partial charge on any atom is -0.378 e. The summed E-state index contributed by atoms with van der Waals surface area (Å²) in [6.45, 7) is 6.67. The van der Waals surface area contributed by atoms with Gasteiger partial charge in [-0.3, -0.25) is 9.98 Å². The highest BCUT2D eigenvalue weighted by atomic mass is 79.9. The topological polar surface area (TPSA) is 36.8 Å². The van der Waals surface area contributed by atoms with Gasteiger partial charge in [-0.15, -0.1) is 0 Å². The van der Waals surface area contributed by atoms with Gasteiger partial charge in [-0.25, -0.2) is 0 Å². The third-order valence-electron chi connectivity index (χ3n) is 1.90. The molecule has 0 amide bonds. The Morgan fingerprint density at radius 2 is 2.06 bits per heavy atom. The Kier molecular flexibility index (Phi) is 10.3. The van der Waals surface area contributed by atoms with Gasteiger partial charge >= 0.3 is 0 Å². The molecule has 0 aliphatic heterocycles. The quantitative estimate of drug-likeness (QED) is 0.567. The molecular formula is C14H22BrN3. The summed E-state index contributed by atoms with van der Waals surface area (Å²) >= 11 is 3.49. The number of alkyl halides is 1. The predicted molar refractivity (Wildman–Crippen MR) is 86.0 cm³/mol. The van der Waals surface area contributed by atoms with Gasteiger partial charge in [-0.1, -0.05) is 28.1 Å². The van der Waals surface area contributed by atoms with E-state index in [9.17, 15) is 0 Å². The fraction of sp³-hybridized carbons (Fsp3) is 0.429. The number of rotatable bonds is 7. The summed E-state index contributed by atoms with van der Waals surface area (Å²) in [5.41, 5.74) is 1.97. The van der Waals surface area contributed by atoms with Gasteiger partial charge in [-0.2, -0.15) is 0 Å². The van der Waals surface area contributed by atoms with Crippen molar-refractivity contribution in [1.82, 2.24) is 5.32 Å². The second-order valence-corrected chi connectivity index (χ2v) is 5.09. The molecule has 100 valence electrons. The van der Waals surface area contributed by atoms with Crippen LogP contribution in [0.2, 0.25) is 0 Å². The number of halogens is 1. The van der Waals surface area contributed by atoms with E-state index in [1.165, 1.54) is 0 Å². The first-order valence-corrected chi connectivity index (χ1v) is 6.88. The third kappa shape index (κ3) is 8.93. The first kappa shape index (κ1) is 16.8. The van der Waals surface area contributed by atoms with Crippen molar-refractivity contribution in [3.05, 3.63) is 36.2 Å². The van der Waals surface area contributed by atoms with Crippen LogP contribution in [0.15, 0.2) is 46.2 Å². The number of nitrogens with zero attached hydrogens (tertiary/aromatic N) is 2. The van der Waals surface area contributed by atoms with E-state index in [4.69, 9.17) is 0 Å². The number of allylic oxidation sites excluding steroid dienone is 4. The van der Waals surface area contributed by atoms with E-state index in [1.807, 2.05) is 32.1 Å². The van der Waals surface area contributed by atoms with Crippen molar-refractivity contribution in [2.45, 2.75) is 25.6 Å². The van der Waals surface area contributed by atoms with Crippen LogP contribution < -0.4 is 5.32 Å². The number of hydrogen-bond acceptors (Lipinski definition) is 3. The Morgan fingerprint density at radius 1 is 1.33 bits per heavy atom. The fourth-order valence-electron chi connectivity index (χ4n) is 1.24. The molecule has 0 radical (unpaired) electrons. The molecule has 0 aromatic rings. The molecule has 1 unspecified atom stereocenters. The molecule has 0 rings (SSSR count). The normalized spacial score (nSPS) is 16.1. The van der Waals surface area contributed by atoms with Crippen molar-refractivity contribution >= 4 is 27.9 Å². The first-order valence-electron chi connectivity index (χ1n) is 5.96. The van der Waals surface area contributed by atoms with Crippen LogP contribution >= 0.6 is 15.9 Å². The molecule has 0 aliphatic rings. The Balaban J connectivity index is 4.66. The molecule has 0 saturated heterocycles. The molecule has 4 heteroatoms. The van der Waals surface area contributed by atoms with Crippen molar-refractivity contribution in [2.24, 2.45) is 9.98 Å². The van der Waals surface area contributed by atoms with Crippen LogP contribution in [0.1, 0.15) is 20.8 Å². The Hall–Kier alpha value is -1.16. The van der Waals surface area contributed by atoms with Crippen molar-refractivity contribution in [3.63, 3.8) is 0 Å². The molecule has 3 nitrogen and oxygen atoms in total. The zero-order valence-corrected chi connectivity index (χ0v) is 13.1. The molecule has 0 bridgehead atoms. The molecule has 0 aromatic heterocycles. The van der Waals surface area contributed by atoms with Gasteiger partial charge in [0.15, 0.2) is 0 Å². The van der Waals surface area contributed by atoms with Gasteiger partial charge in [0.05, 0.1) is 12.3 Å². The van der Waals surface area contributed by atoms with Gasteiger partial charge in [0.25, 0.3) is 0 Å². The Morgan fingerprint density at radius 3 is 2.56 bits per heavy atom. The molecule has 0 spiro atoms. The molecular weight excluding hydrogens is 290 g/mol. The summed E-state index contributed by atoms with van der Waals surface area (Å²) in [6, 6.07) is 0. The number of nitrogens with one attached hydrogen (secondary N) is 1. The molecule has 1 atom stereocenters. The lowest BCUT2D eigenvalue weighted by Gasteiger charge is -2.07. The van der Waals surface area contributed by atoms with Crippen molar-refractivity contribution in [1.29, 1.82) is 0 Å². The maximum Gasteiger partial charge on any atom is 0.0591 e. The van der Waals surface area contributed by atoms with Gasteiger partial charge < -0.3 is 5.32 Å². The summed E-state index contributed by atoms with van der Waals surface area (Å²) in [7, 11) is 1.76. The van der Waals surface area contributed by atoms with E-state index >= 15 is 0 Å². The van der Waals surface area contributed by atoms with Gasteiger partial charge in [0.1, 0.15) is 0 Å². The van der Waals surface area contributed by atoms with Crippen molar-refractivity contribution in [3.8, 4) is 0 Å². The van der Waals surface area contributed by atoms with E-state index in [2.05, 4.69) is 44.2 Å². The smallest absolute Gasteiger partial charge is 0.0591 e. The molecule has 0 aliphatic carbocycles. The molecule has 18 heavy (non-hydrogen) atoms. The zero-order chi connectivity index (χ0) is 13.8. The van der Waals surface area contributed by atoms with Crippen LogP contribution in [0.25, 0.3) is 0 Å². The van der Waals surface area contributed by atoms with E-state index in [-0.39, 0.29) is 0 Å². The van der Waals surface area contributed by atoms with Crippen molar-refractivity contribution in [2.75, 3.05) is 13.6 Å².